The monoisotopic (exact) mass is 390 g/mol. The molecule has 1 aliphatic heterocycles. The van der Waals surface area contributed by atoms with Crippen LogP contribution in [0.15, 0.2) is 42.5 Å². The predicted molar refractivity (Wildman–Crippen MR) is 109 cm³/mol. The molecule has 1 saturated heterocycles. The van der Waals surface area contributed by atoms with Crippen LogP contribution in [0.3, 0.4) is 0 Å². The summed E-state index contributed by atoms with van der Waals surface area (Å²) in [5, 5.41) is 11.0. The van der Waals surface area contributed by atoms with Crippen molar-refractivity contribution in [3.8, 4) is 11.5 Å². The first-order valence-corrected chi connectivity index (χ1v) is 9.61. The van der Waals surface area contributed by atoms with Gasteiger partial charge in [-0.25, -0.2) is 0 Å². The van der Waals surface area contributed by atoms with E-state index < -0.39 is 6.10 Å². The Morgan fingerprint density at radius 3 is 2.33 bits per heavy atom. The summed E-state index contributed by atoms with van der Waals surface area (Å²) >= 11 is 6.02. The molecular formula is C21H27ClN2O3. The molecule has 1 fully saturated rings. The summed E-state index contributed by atoms with van der Waals surface area (Å²) in [5.41, 5.74) is 2.18. The molecule has 1 heterocycles. The molecule has 0 aliphatic carbocycles. The molecule has 0 saturated carbocycles. The second kappa shape index (κ2) is 9.31. The minimum Gasteiger partial charge on any atom is -0.497 e. The molecule has 1 N–H and O–H groups in total. The largest absolute Gasteiger partial charge is 0.497 e. The first-order valence-electron chi connectivity index (χ1n) is 9.23. The van der Waals surface area contributed by atoms with E-state index in [1.807, 2.05) is 37.3 Å². The van der Waals surface area contributed by atoms with E-state index in [9.17, 15) is 5.11 Å². The number of β-amino-alcohol motifs (C(OH)–C–C–N with tert-alkyl or cyclic N) is 1. The van der Waals surface area contributed by atoms with Crippen LogP contribution in [0.25, 0.3) is 0 Å². The summed E-state index contributed by atoms with van der Waals surface area (Å²) in [4.78, 5) is 4.64. The Bertz CT molecular complexity index is 731. The summed E-state index contributed by atoms with van der Waals surface area (Å²) < 4.78 is 10.9. The van der Waals surface area contributed by atoms with Crippen LogP contribution in [0.1, 0.15) is 5.56 Å². The van der Waals surface area contributed by atoms with Crippen LogP contribution >= 0.6 is 11.6 Å². The van der Waals surface area contributed by atoms with E-state index >= 15 is 0 Å². The molecule has 2 aromatic rings. The zero-order valence-corrected chi connectivity index (χ0v) is 16.7. The molecule has 5 nitrogen and oxygen atoms in total. The standard InChI is InChI=1S/C21H27ClN2O3/c1-16-13-20(7-8-21(16)22)27-15-18(25)14-23-9-11-24(12-10-23)17-3-5-19(26-2)6-4-17/h3-8,13,18,25H,9-12,14-15H2,1-2H3/t18-/m1/s1. The second-order valence-electron chi connectivity index (χ2n) is 6.86. The molecular weight excluding hydrogens is 364 g/mol. The Morgan fingerprint density at radius 1 is 1.04 bits per heavy atom. The Kier molecular flexibility index (Phi) is 6.83. The molecule has 0 aromatic heterocycles. The van der Waals surface area contributed by atoms with Crippen molar-refractivity contribution >= 4 is 17.3 Å². The fraction of sp³-hybridized carbons (Fsp3) is 0.429. The van der Waals surface area contributed by atoms with Crippen molar-refractivity contribution in [1.29, 1.82) is 0 Å². The van der Waals surface area contributed by atoms with E-state index in [4.69, 9.17) is 21.1 Å². The van der Waals surface area contributed by atoms with E-state index in [0.29, 0.717) is 6.54 Å². The molecule has 1 atom stereocenters. The molecule has 6 heteroatoms. The third-order valence-electron chi connectivity index (χ3n) is 4.85. The van der Waals surface area contributed by atoms with Crippen molar-refractivity contribution in [2.24, 2.45) is 0 Å². The normalized spacial score (nSPS) is 16.2. The number of methoxy groups -OCH3 is 1. The molecule has 0 radical (unpaired) electrons. The fourth-order valence-corrected chi connectivity index (χ4v) is 3.35. The van der Waals surface area contributed by atoms with Crippen LogP contribution in [-0.4, -0.2) is 62.6 Å². The Balaban J connectivity index is 1.42. The molecule has 0 amide bonds. The summed E-state index contributed by atoms with van der Waals surface area (Å²) in [6, 6.07) is 13.7. The molecule has 146 valence electrons. The van der Waals surface area contributed by atoms with Gasteiger partial charge in [0.25, 0.3) is 0 Å². The van der Waals surface area contributed by atoms with Gasteiger partial charge >= 0.3 is 0 Å². The van der Waals surface area contributed by atoms with Gasteiger partial charge in [0.15, 0.2) is 0 Å². The summed E-state index contributed by atoms with van der Waals surface area (Å²) in [7, 11) is 1.68. The van der Waals surface area contributed by atoms with E-state index in [1.165, 1.54) is 5.69 Å². The van der Waals surface area contributed by atoms with Crippen LogP contribution in [0.5, 0.6) is 11.5 Å². The highest BCUT2D eigenvalue weighted by Crippen LogP contribution is 2.22. The molecule has 27 heavy (non-hydrogen) atoms. The number of aliphatic hydroxyl groups is 1. The van der Waals surface area contributed by atoms with Gasteiger partial charge in [-0.05, 0) is 55.0 Å². The Morgan fingerprint density at radius 2 is 1.70 bits per heavy atom. The van der Waals surface area contributed by atoms with E-state index in [-0.39, 0.29) is 6.61 Å². The van der Waals surface area contributed by atoms with Crippen molar-refractivity contribution in [3.63, 3.8) is 0 Å². The molecule has 1 aliphatic rings. The highest BCUT2D eigenvalue weighted by atomic mass is 35.5. The van der Waals surface area contributed by atoms with Crippen LogP contribution in [0, 0.1) is 6.92 Å². The number of aliphatic hydroxyl groups excluding tert-OH is 1. The molecule has 3 rings (SSSR count). The predicted octanol–water partition coefficient (Wildman–Crippen LogP) is 3.22. The first-order chi connectivity index (χ1) is 13.0. The zero-order valence-electron chi connectivity index (χ0n) is 15.9. The quantitative estimate of drug-likeness (QED) is 0.786. The van der Waals surface area contributed by atoms with Gasteiger partial charge < -0.3 is 19.5 Å². The number of halogens is 1. The number of hydrogen-bond acceptors (Lipinski definition) is 5. The lowest BCUT2D eigenvalue weighted by atomic mass is 10.2. The lowest BCUT2D eigenvalue weighted by Crippen LogP contribution is -2.49. The van der Waals surface area contributed by atoms with Gasteiger partial charge in [0.1, 0.15) is 24.2 Å². The summed E-state index contributed by atoms with van der Waals surface area (Å²) in [5.74, 6) is 1.61. The number of hydrogen-bond donors (Lipinski definition) is 1. The maximum atomic E-state index is 10.3. The number of benzene rings is 2. The van der Waals surface area contributed by atoms with Gasteiger partial charge in [0, 0.05) is 43.4 Å². The zero-order chi connectivity index (χ0) is 19.2. The van der Waals surface area contributed by atoms with Crippen LogP contribution in [-0.2, 0) is 0 Å². The SMILES string of the molecule is COc1ccc(N2CCN(C[C@@H](O)COc3ccc(Cl)c(C)c3)CC2)cc1. The second-order valence-corrected chi connectivity index (χ2v) is 7.27. The maximum Gasteiger partial charge on any atom is 0.119 e. The summed E-state index contributed by atoms with van der Waals surface area (Å²) in [6.07, 6.45) is -0.520. The maximum absolute atomic E-state index is 10.3. The lowest BCUT2D eigenvalue weighted by Gasteiger charge is -2.36. The minimum atomic E-state index is -0.520. The number of nitrogens with zero attached hydrogens (tertiary/aromatic N) is 2. The third-order valence-corrected chi connectivity index (χ3v) is 5.27. The average Bonchev–Trinajstić information content (AvgIpc) is 2.69. The first kappa shape index (κ1) is 19.8. The molecule has 2 aromatic carbocycles. The van der Waals surface area contributed by atoms with Crippen molar-refractivity contribution in [2.45, 2.75) is 13.0 Å². The number of rotatable bonds is 7. The highest BCUT2D eigenvalue weighted by molar-refractivity contribution is 6.31. The van der Waals surface area contributed by atoms with Crippen LogP contribution in [0.2, 0.25) is 5.02 Å². The van der Waals surface area contributed by atoms with Gasteiger partial charge in [-0.3, -0.25) is 4.90 Å². The van der Waals surface area contributed by atoms with Gasteiger partial charge in [-0.2, -0.15) is 0 Å². The lowest BCUT2D eigenvalue weighted by molar-refractivity contribution is 0.0663. The Hall–Kier alpha value is -1.95. The van der Waals surface area contributed by atoms with Crippen LogP contribution < -0.4 is 14.4 Å². The average molecular weight is 391 g/mol. The van der Waals surface area contributed by atoms with Gasteiger partial charge in [0.05, 0.1) is 7.11 Å². The van der Waals surface area contributed by atoms with Crippen LogP contribution in [0.4, 0.5) is 5.69 Å². The topological polar surface area (TPSA) is 45.2 Å². The summed E-state index contributed by atoms with van der Waals surface area (Å²) in [6.45, 7) is 6.55. The number of piperazine rings is 1. The van der Waals surface area contributed by atoms with Gasteiger partial charge in [-0.1, -0.05) is 11.6 Å². The fourth-order valence-electron chi connectivity index (χ4n) is 3.23. The minimum absolute atomic E-state index is 0.278. The van der Waals surface area contributed by atoms with Crippen molar-refractivity contribution in [2.75, 3.05) is 51.3 Å². The smallest absolute Gasteiger partial charge is 0.119 e. The molecule has 0 bridgehead atoms. The Labute approximate surface area is 166 Å². The molecule has 0 spiro atoms. The number of anilines is 1. The highest BCUT2D eigenvalue weighted by Gasteiger charge is 2.20. The van der Waals surface area contributed by atoms with Crippen molar-refractivity contribution in [3.05, 3.63) is 53.1 Å². The van der Waals surface area contributed by atoms with E-state index in [0.717, 1.165) is 48.3 Å². The number of ether oxygens (including phenoxy) is 2. The van der Waals surface area contributed by atoms with Gasteiger partial charge in [-0.15, -0.1) is 0 Å². The van der Waals surface area contributed by atoms with E-state index in [2.05, 4.69) is 21.9 Å². The van der Waals surface area contributed by atoms with Crippen molar-refractivity contribution < 1.29 is 14.6 Å². The third kappa shape index (κ3) is 5.51. The van der Waals surface area contributed by atoms with E-state index in [1.54, 1.807) is 7.11 Å². The van der Waals surface area contributed by atoms with Crippen molar-refractivity contribution in [1.82, 2.24) is 4.90 Å². The molecule has 0 unspecified atom stereocenters. The van der Waals surface area contributed by atoms with Gasteiger partial charge in [0.2, 0.25) is 0 Å². The number of aryl methyl sites for hydroxylation is 1.